The zero-order valence-electron chi connectivity index (χ0n) is 46.2. The van der Waals surface area contributed by atoms with Crippen molar-refractivity contribution in [3.05, 3.63) is 197 Å². The molecular formula is C66H69N3O12. The van der Waals surface area contributed by atoms with Crippen molar-refractivity contribution < 1.29 is 57.0 Å². The fourth-order valence-electron chi connectivity index (χ4n) is 7.69. The molecule has 0 spiro atoms. The summed E-state index contributed by atoms with van der Waals surface area (Å²) in [7, 11) is 0. The molecule has 0 atom stereocenters. The van der Waals surface area contributed by atoms with Crippen molar-refractivity contribution in [3.63, 3.8) is 0 Å². The summed E-state index contributed by atoms with van der Waals surface area (Å²) < 4.78 is 51.0. The molecule has 7 rings (SSSR count). The molecule has 7 aromatic carbocycles. The number of aliphatic imine (C=N–C) groups is 3. The first-order valence-electron chi connectivity index (χ1n) is 27.4. The van der Waals surface area contributed by atoms with E-state index in [1.54, 1.807) is 18.6 Å². The highest BCUT2D eigenvalue weighted by atomic mass is 16.5. The second-order valence-corrected chi connectivity index (χ2v) is 18.1. The second kappa shape index (κ2) is 33.3. The average Bonchev–Trinajstić information content (AvgIpc) is 3.50. The zero-order chi connectivity index (χ0) is 56.7. The molecule has 81 heavy (non-hydrogen) atoms. The van der Waals surface area contributed by atoms with Gasteiger partial charge in [0.25, 0.3) is 0 Å². The van der Waals surface area contributed by atoms with Gasteiger partial charge in [0.1, 0.15) is 34.5 Å². The van der Waals surface area contributed by atoms with E-state index >= 15 is 0 Å². The largest absolute Gasteiger partial charge is 0.494 e. The minimum Gasteiger partial charge on any atom is -0.494 e. The second-order valence-electron chi connectivity index (χ2n) is 18.1. The summed E-state index contributed by atoms with van der Waals surface area (Å²) in [5, 5.41) is 0. The number of carbonyl (C=O) groups excluding carboxylic acids is 3. The maximum Gasteiger partial charge on any atom is 0.338 e. The van der Waals surface area contributed by atoms with Crippen molar-refractivity contribution in [3.8, 4) is 34.5 Å². The van der Waals surface area contributed by atoms with Crippen LogP contribution in [-0.4, -0.2) is 96.0 Å². The van der Waals surface area contributed by atoms with Crippen LogP contribution in [0, 0.1) is 0 Å². The molecule has 15 nitrogen and oxygen atoms in total. The molecule has 420 valence electrons. The number of esters is 3. The lowest BCUT2D eigenvalue weighted by Crippen LogP contribution is -2.15. The quantitative estimate of drug-likeness (QED) is 0.0165. The van der Waals surface area contributed by atoms with Gasteiger partial charge in [-0.05, 0) is 240 Å². The molecule has 0 aliphatic heterocycles. The molecular weight excluding hydrogens is 1030 g/mol. The Hall–Kier alpha value is -9.24. The molecule has 0 saturated carbocycles. The number of hydrogen-bond donors (Lipinski definition) is 0. The van der Waals surface area contributed by atoms with Crippen LogP contribution in [0.4, 0.5) is 17.1 Å². The fourth-order valence-corrected chi connectivity index (χ4v) is 7.69. The maximum atomic E-state index is 13.4. The lowest BCUT2D eigenvalue weighted by Gasteiger charge is -2.11. The first-order chi connectivity index (χ1) is 39.7. The molecule has 0 aliphatic carbocycles. The Morgan fingerprint density at radius 1 is 0.309 bits per heavy atom. The van der Waals surface area contributed by atoms with E-state index in [2.05, 4.69) is 15.0 Å². The molecule has 0 aromatic heterocycles. The number of benzene rings is 7. The molecule has 0 aliphatic rings. The van der Waals surface area contributed by atoms with E-state index in [0.29, 0.717) is 95.4 Å². The first kappa shape index (κ1) is 59.4. The van der Waals surface area contributed by atoms with Gasteiger partial charge in [0, 0.05) is 18.6 Å². The van der Waals surface area contributed by atoms with Crippen LogP contribution in [0.3, 0.4) is 0 Å². The molecule has 7 aromatic rings. The Morgan fingerprint density at radius 2 is 0.531 bits per heavy atom. The highest BCUT2D eigenvalue weighted by molar-refractivity contribution is 6.00. The van der Waals surface area contributed by atoms with Crippen molar-refractivity contribution in [2.75, 3.05) is 59.5 Å². The maximum absolute atomic E-state index is 13.4. The fraction of sp³-hybridized carbons (Fsp3) is 0.273. The van der Waals surface area contributed by atoms with Crippen LogP contribution in [0.1, 0.15) is 107 Å². The van der Waals surface area contributed by atoms with Crippen LogP contribution in [0.2, 0.25) is 0 Å². The van der Waals surface area contributed by atoms with Crippen molar-refractivity contribution in [2.45, 2.75) is 59.3 Å². The number of unbranched alkanes of at least 4 members (excludes halogenated alkanes) is 3. The number of hydrogen-bond acceptors (Lipinski definition) is 15. The summed E-state index contributed by atoms with van der Waals surface area (Å²) >= 11 is 0. The summed E-state index contributed by atoms with van der Waals surface area (Å²) in [6.45, 7) is 9.13. The monoisotopic (exact) mass is 1100 g/mol. The third-order valence-electron chi connectivity index (χ3n) is 11.9. The van der Waals surface area contributed by atoms with Crippen molar-refractivity contribution in [2.24, 2.45) is 15.0 Å². The lowest BCUT2D eigenvalue weighted by atomic mass is 10.1. The number of rotatable bonds is 33. The molecule has 0 N–H and O–H groups in total. The highest BCUT2D eigenvalue weighted by Crippen LogP contribution is 2.23. The average molecular weight is 1100 g/mol. The van der Waals surface area contributed by atoms with Crippen LogP contribution < -0.4 is 28.4 Å². The summed E-state index contributed by atoms with van der Waals surface area (Å²) in [4.78, 5) is 53.9. The number of carbonyl (C=O) groups is 3. The smallest absolute Gasteiger partial charge is 0.338 e. The van der Waals surface area contributed by atoms with Gasteiger partial charge in [-0.2, -0.15) is 0 Å². The topological polar surface area (TPSA) is 171 Å². The predicted octanol–water partition coefficient (Wildman–Crippen LogP) is 14.2. The number of ether oxygens (including phenoxy) is 9. The van der Waals surface area contributed by atoms with Gasteiger partial charge in [0.15, 0.2) is 0 Å². The van der Waals surface area contributed by atoms with E-state index in [0.717, 1.165) is 51.0 Å². The summed E-state index contributed by atoms with van der Waals surface area (Å²) in [6.07, 6.45) is 8.71. The Balaban J connectivity index is 0.850. The van der Waals surface area contributed by atoms with Crippen molar-refractivity contribution in [1.82, 2.24) is 0 Å². The normalized spacial score (nSPS) is 11.1. The standard InChI is InChI=1S/C66H69N3O12/c1-4-73-58-25-13-49(14-26-58)46-67-55-19-31-61(32-20-55)76-37-7-10-40-79-64(70)52-43-53(65(71)80-41-11-8-38-77-62-33-21-56(22-34-62)68-47-50-15-27-59(28-16-50)74-5-2)45-54(44-52)66(72)81-42-12-9-39-78-63-35-23-57(24-36-63)69-48-51-17-29-60(30-18-51)75-6-3/h13-36,43-48H,4-12,37-42H2,1-3H3. The Morgan fingerprint density at radius 3 is 0.778 bits per heavy atom. The minimum absolute atomic E-state index is 0.0143. The van der Waals surface area contributed by atoms with Crippen LogP contribution in [-0.2, 0) is 14.2 Å². The van der Waals surface area contributed by atoms with Crippen molar-refractivity contribution >= 4 is 53.6 Å². The highest BCUT2D eigenvalue weighted by Gasteiger charge is 2.19. The summed E-state index contributed by atoms with van der Waals surface area (Å²) in [6, 6.07) is 49.6. The van der Waals surface area contributed by atoms with Crippen LogP contribution in [0.15, 0.2) is 179 Å². The van der Waals surface area contributed by atoms with E-state index in [1.807, 2.05) is 166 Å². The lowest BCUT2D eigenvalue weighted by molar-refractivity contribution is 0.0490. The third kappa shape index (κ3) is 21.2. The molecule has 15 heteroatoms. The predicted molar refractivity (Wildman–Crippen MR) is 315 cm³/mol. The van der Waals surface area contributed by atoms with E-state index in [9.17, 15) is 14.4 Å². The molecule has 0 amide bonds. The van der Waals surface area contributed by atoms with Gasteiger partial charge in [-0.15, -0.1) is 0 Å². The van der Waals surface area contributed by atoms with Gasteiger partial charge in [-0.25, -0.2) is 14.4 Å². The first-order valence-corrected chi connectivity index (χ1v) is 27.4. The molecule has 0 heterocycles. The molecule has 0 unspecified atom stereocenters. The van der Waals surface area contributed by atoms with Crippen molar-refractivity contribution in [1.29, 1.82) is 0 Å². The molecule has 0 bridgehead atoms. The summed E-state index contributed by atoms with van der Waals surface area (Å²) in [5.41, 5.74) is 5.26. The Kier molecular flexibility index (Phi) is 24.4. The van der Waals surface area contributed by atoms with Crippen LogP contribution in [0.25, 0.3) is 0 Å². The summed E-state index contributed by atoms with van der Waals surface area (Å²) in [5.74, 6) is 2.41. The van der Waals surface area contributed by atoms with Gasteiger partial charge in [-0.3, -0.25) is 15.0 Å². The Labute approximate surface area is 474 Å². The molecule has 0 saturated heterocycles. The van der Waals surface area contributed by atoms with E-state index < -0.39 is 17.9 Å². The van der Waals surface area contributed by atoms with Crippen LogP contribution >= 0.6 is 0 Å². The zero-order valence-corrected chi connectivity index (χ0v) is 46.2. The van der Waals surface area contributed by atoms with Gasteiger partial charge in [0.2, 0.25) is 0 Å². The van der Waals surface area contributed by atoms with Gasteiger partial charge >= 0.3 is 17.9 Å². The van der Waals surface area contributed by atoms with Gasteiger partial charge < -0.3 is 42.6 Å². The SMILES string of the molecule is CCOc1ccc(C=Nc2ccc(OCCCCOC(=O)c3cc(C(=O)OCCCCOc4ccc(N=Cc5ccc(OCC)cc5)cc4)cc(C(=O)OCCCCOc4ccc(N=Cc5ccc(OCC)cc5)cc4)c3)cc2)cc1. The number of nitrogens with zero attached hydrogens (tertiary/aromatic N) is 3. The Bertz CT molecular complexity index is 2760. The molecule has 0 radical (unpaired) electrons. The third-order valence-corrected chi connectivity index (χ3v) is 11.9. The van der Waals surface area contributed by atoms with Gasteiger partial charge in [-0.1, -0.05) is 0 Å². The van der Waals surface area contributed by atoms with E-state index in [-0.39, 0.29) is 36.5 Å². The van der Waals surface area contributed by atoms with Gasteiger partial charge in [0.05, 0.1) is 93.2 Å². The molecule has 0 fully saturated rings. The van der Waals surface area contributed by atoms with E-state index in [4.69, 9.17) is 42.6 Å². The van der Waals surface area contributed by atoms with E-state index in [1.165, 1.54) is 18.2 Å². The minimum atomic E-state index is -0.699. The van der Waals surface area contributed by atoms with Crippen LogP contribution in [0.5, 0.6) is 34.5 Å².